The maximum atomic E-state index is 11.4. The van der Waals surface area contributed by atoms with E-state index in [0.717, 1.165) is 18.3 Å². The van der Waals surface area contributed by atoms with Crippen LogP contribution in [-0.4, -0.2) is 30.7 Å². The van der Waals surface area contributed by atoms with Crippen molar-refractivity contribution in [3.05, 3.63) is 17.5 Å². The Kier molecular flexibility index (Phi) is 5.33. The number of hydrogen-bond donors (Lipinski definition) is 1. The van der Waals surface area contributed by atoms with Crippen molar-refractivity contribution in [2.24, 2.45) is 0 Å². The quantitative estimate of drug-likeness (QED) is 0.363. The lowest BCUT2D eigenvalue weighted by Crippen LogP contribution is -2.22. The first-order chi connectivity index (χ1) is 7.81. The Balaban J connectivity index is 2.55. The number of nitrogens with one attached hydrogen (secondary N) is 1. The summed E-state index contributed by atoms with van der Waals surface area (Å²) < 4.78 is 5.62. The van der Waals surface area contributed by atoms with E-state index in [-0.39, 0.29) is 9.89 Å². The van der Waals surface area contributed by atoms with Gasteiger partial charge >= 0.3 is 0 Å². The number of ether oxygens (including phenoxy) is 1. The van der Waals surface area contributed by atoms with Crippen LogP contribution < -0.4 is 0 Å². The molecule has 0 saturated carbocycles. The molecule has 4 nitrogen and oxygen atoms in total. The van der Waals surface area contributed by atoms with Crippen LogP contribution in [-0.2, 0) is 4.74 Å². The third-order valence-electron chi connectivity index (χ3n) is 2.39. The summed E-state index contributed by atoms with van der Waals surface area (Å²) in [5.74, 6) is 0.0178. The number of nitrogens with zero attached hydrogens (tertiary/aromatic N) is 1. The molecule has 0 bridgehead atoms. The van der Waals surface area contributed by atoms with E-state index in [1.165, 1.54) is 0 Å². The molecule has 6 heteroatoms. The Morgan fingerprint density at radius 1 is 1.59 bits per heavy atom. The van der Waals surface area contributed by atoms with Gasteiger partial charge in [0.2, 0.25) is 0 Å². The second kappa shape index (κ2) is 6.10. The second-order valence-electron chi connectivity index (χ2n) is 5.25. The molecule has 1 aromatic rings. The summed E-state index contributed by atoms with van der Waals surface area (Å²) in [4.78, 5) is 11.4. The Labute approximate surface area is 117 Å². The molecule has 0 aliphatic heterocycles. The number of rotatable bonds is 6. The minimum atomic E-state index is -1.07. The van der Waals surface area contributed by atoms with E-state index in [0.29, 0.717) is 5.56 Å². The Morgan fingerprint density at radius 2 is 2.24 bits per heavy atom. The van der Waals surface area contributed by atoms with E-state index in [4.69, 9.17) is 4.74 Å². The van der Waals surface area contributed by atoms with E-state index >= 15 is 0 Å². The molecular formula is C11H19IN2O2Si. The van der Waals surface area contributed by atoms with E-state index < -0.39 is 8.07 Å². The van der Waals surface area contributed by atoms with E-state index in [2.05, 4.69) is 52.4 Å². The standard InChI is InChI=1S/C11H19IN2O2Si/c1-8(15)9-7-13-14-10(9)11(12)16-5-6-17(2,3)4/h7,11H,5-6H2,1-4H3,(H,13,14). The largest absolute Gasteiger partial charge is 0.362 e. The Hall–Kier alpha value is -0.213. The first-order valence-electron chi connectivity index (χ1n) is 5.61. The van der Waals surface area contributed by atoms with Gasteiger partial charge < -0.3 is 4.74 Å². The fourth-order valence-corrected chi connectivity index (χ4v) is 2.76. The van der Waals surface area contributed by atoms with Gasteiger partial charge in [-0.25, -0.2) is 0 Å². The number of ketones is 1. The molecule has 0 saturated heterocycles. The number of halogens is 1. The summed E-state index contributed by atoms with van der Waals surface area (Å²) in [7, 11) is -1.07. The third-order valence-corrected chi connectivity index (χ3v) is 5.08. The summed E-state index contributed by atoms with van der Waals surface area (Å²) in [5.41, 5.74) is 1.39. The highest BCUT2D eigenvalue weighted by molar-refractivity contribution is 14.1. The van der Waals surface area contributed by atoms with Gasteiger partial charge in [-0.05, 0) is 35.6 Å². The molecule has 0 radical (unpaired) electrons. The summed E-state index contributed by atoms with van der Waals surface area (Å²) in [5, 5.41) is 6.74. The average Bonchev–Trinajstić information content (AvgIpc) is 2.63. The van der Waals surface area contributed by atoms with Crippen LogP contribution in [0.25, 0.3) is 0 Å². The third kappa shape index (κ3) is 4.88. The lowest BCUT2D eigenvalue weighted by Gasteiger charge is -2.17. The van der Waals surface area contributed by atoms with Crippen LogP contribution in [0, 0.1) is 0 Å². The molecule has 0 spiro atoms. The maximum Gasteiger partial charge on any atom is 0.163 e. The van der Waals surface area contributed by atoms with Crippen molar-refractivity contribution in [3.63, 3.8) is 0 Å². The minimum Gasteiger partial charge on any atom is -0.362 e. The van der Waals surface area contributed by atoms with Crippen LogP contribution in [0.2, 0.25) is 25.7 Å². The van der Waals surface area contributed by atoms with Gasteiger partial charge in [-0.1, -0.05) is 19.6 Å². The number of carbonyl (C=O) groups is 1. The van der Waals surface area contributed by atoms with E-state index in [1.54, 1.807) is 13.1 Å². The Bertz CT molecular complexity index is 387. The van der Waals surface area contributed by atoms with Crippen molar-refractivity contribution in [2.75, 3.05) is 6.61 Å². The summed E-state index contributed by atoms with van der Waals surface area (Å²) in [6.45, 7) is 9.22. The number of aromatic amines is 1. The van der Waals surface area contributed by atoms with Crippen molar-refractivity contribution >= 4 is 36.4 Å². The number of aromatic nitrogens is 2. The molecule has 1 unspecified atom stereocenters. The van der Waals surface area contributed by atoms with E-state index in [9.17, 15) is 4.79 Å². The maximum absolute atomic E-state index is 11.4. The number of carbonyl (C=O) groups excluding carboxylic acids is 1. The van der Waals surface area contributed by atoms with Crippen molar-refractivity contribution < 1.29 is 9.53 Å². The fourth-order valence-electron chi connectivity index (χ4n) is 1.30. The van der Waals surface area contributed by atoms with Gasteiger partial charge in [-0.15, -0.1) is 0 Å². The van der Waals surface area contributed by atoms with Crippen LogP contribution in [0.4, 0.5) is 0 Å². The predicted molar refractivity (Wildman–Crippen MR) is 79.5 cm³/mol. The highest BCUT2D eigenvalue weighted by atomic mass is 127. The van der Waals surface area contributed by atoms with Crippen molar-refractivity contribution in [1.29, 1.82) is 0 Å². The van der Waals surface area contributed by atoms with Gasteiger partial charge in [0.05, 0.1) is 17.5 Å². The first kappa shape index (κ1) is 14.8. The molecule has 0 fully saturated rings. The van der Waals surface area contributed by atoms with Crippen LogP contribution in [0.3, 0.4) is 0 Å². The van der Waals surface area contributed by atoms with Gasteiger partial charge in [-0.3, -0.25) is 9.89 Å². The van der Waals surface area contributed by atoms with E-state index in [1.807, 2.05) is 0 Å². The lowest BCUT2D eigenvalue weighted by molar-refractivity contribution is 0.100. The monoisotopic (exact) mass is 366 g/mol. The normalized spacial score (nSPS) is 13.7. The molecular weight excluding hydrogens is 347 g/mol. The predicted octanol–water partition coefficient (Wildman–Crippen LogP) is 3.40. The average molecular weight is 366 g/mol. The van der Waals surface area contributed by atoms with Crippen LogP contribution >= 0.6 is 22.6 Å². The SMILES string of the molecule is CC(=O)c1cn[nH]c1C(I)OCC[Si](C)(C)C. The molecule has 96 valence electrons. The van der Waals surface area contributed by atoms with Crippen molar-refractivity contribution in [1.82, 2.24) is 10.2 Å². The molecule has 0 aromatic carbocycles. The molecule has 1 aromatic heterocycles. The second-order valence-corrected chi connectivity index (χ2v) is 12.0. The van der Waals surface area contributed by atoms with Crippen LogP contribution in [0.15, 0.2) is 6.20 Å². The van der Waals surface area contributed by atoms with Gasteiger partial charge in [0, 0.05) is 14.7 Å². The molecule has 1 rings (SSSR count). The topological polar surface area (TPSA) is 55.0 Å². The highest BCUT2D eigenvalue weighted by Crippen LogP contribution is 2.26. The van der Waals surface area contributed by atoms with Crippen molar-refractivity contribution in [3.8, 4) is 0 Å². The smallest absolute Gasteiger partial charge is 0.163 e. The zero-order valence-corrected chi connectivity index (χ0v) is 13.9. The molecule has 0 aliphatic carbocycles. The molecule has 17 heavy (non-hydrogen) atoms. The van der Waals surface area contributed by atoms with Gasteiger partial charge in [0.1, 0.15) is 0 Å². The van der Waals surface area contributed by atoms with Gasteiger partial charge in [0.15, 0.2) is 9.89 Å². The van der Waals surface area contributed by atoms with Crippen molar-refractivity contribution in [2.45, 2.75) is 36.7 Å². The fraction of sp³-hybridized carbons (Fsp3) is 0.636. The summed E-state index contributed by atoms with van der Waals surface area (Å²) in [6.07, 6.45) is 1.56. The minimum absolute atomic E-state index is 0.0178. The molecule has 1 N–H and O–H groups in total. The first-order valence-corrected chi connectivity index (χ1v) is 10.6. The highest BCUT2D eigenvalue weighted by Gasteiger charge is 2.19. The molecule has 1 atom stereocenters. The van der Waals surface area contributed by atoms with Crippen LogP contribution in [0.5, 0.6) is 0 Å². The zero-order chi connectivity index (χ0) is 13.1. The number of Topliss-reactive ketones (excluding diaryl/α,β-unsaturated/α-hetero) is 1. The lowest BCUT2D eigenvalue weighted by atomic mass is 10.2. The molecule has 0 amide bonds. The molecule has 1 heterocycles. The number of H-pyrrole nitrogens is 1. The summed E-state index contributed by atoms with van der Waals surface area (Å²) in [6, 6.07) is 1.12. The number of hydrogen-bond acceptors (Lipinski definition) is 3. The van der Waals surface area contributed by atoms with Gasteiger partial charge in [-0.2, -0.15) is 5.10 Å². The summed E-state index contributed by atoms with van der Waals surface area (Å²) >= 11 is 2.18. The zero-order valence-electron chi connectivity index (χ0n) is 10.7. The Morgan fingerprint density at radius 3 is 2.76 bits per heavy atom. The van der Waals surface area contributed by atoms with Gasteiger partial charge in [0.25, 0.3) is 0 Å². The number of alkyl halides is 1. The van der Waals surface area contributed by atoms with Crippen LogP contribution in [0.1, 0.15) is 27.1 Å². The molecule has 0 aliphatic rings.